The topological polar surface area (TPSA) is 52.6 Å². The molecule has 0 atom stereocenters. The fraction of sp³-hybridized carbons (Fsp3) is 0.0833. The van der Waals surface area contributed by atoms with Gasteiger partial charge in [0.05, 0.1) is 0 Å². The Morgan fingerprint density at radius 2 is 1.07 bits per heavy atom. The van der Waals surface area contributed by atoms with Gasteiger partial charge in [0.25, 0.3) is 0 Å². The molecule has 144 valence electrons. The molecule has 0 unspecified atom stereocenters. The quantitative estimate of drug-likeness (QED) is 0.489. The fourth-order valence-corrected chi connectivity index (χ4v) is 11.6. The Hall–Kier alpha value is -2.78. The predicted octanol–water partition coefficient (Wildman–Crippen LogP) is 5.44. The van der Waals surface area contributed by atoms with E-state index in [1.165, 1.54) is 6.56 Å². The van der Waals surface area contributed by atoms with Gasteiger partial charge in [0.1, 0.15) is 0 Å². The van der Waals surface area contributed by atoms with Gasteiger partial charge in [-0.1, -0.05) is 0 Å². The number of carbonyl (C=O) groups is 2. The average Bonchev–Trinajstić information content (AvgIpc) is 3.49. The molecule has 4 rings (SSSR count). The van der Waals surface area contributed by atoms with Crippen LogP contribution in [0.3, 0.4) is 0 Å². The molecule has 0 heterocycles. The van der Waals surface area contributed by atoms with Crippen LogP contribution in [0.15, 0.2) is 91.5 Å². The van der Waals surface area contributed by atoms with Crippen molar-refractivity contribution in [3.63, 3.8) is 0 Å². The first-order valence-electron chi connectivity index (χ1n) is 9.44. The van der Waals surface area contributed by atoms with E-state index < -0.39 is 21.1 Å². The van der Waals surface area contributed by atoms with E-state index in [0.717, 1.165) is 25.4 Å². The van der Waals surface area contributed by atoms with E-state index in [2.05, 4.69) is 24.3 Å². The van der Waals surface area contributed by atoms with Crippen molar-refractivity contribution in [3.8, 4) is 11.5 Å². The van der Waals surface area contributed by atoms with Gasteiger partial charge in [-0.25, -0.2) is 0 Å². The van der Waals surface area contributed by atoms with Crippen LogP contribution in [-0.4, -0.2) is 12.6 Å². The van der Waals surface area contributed by atoms with Crippen molar-refractivity contribution in [1.82, 2.24) is 0 Å². The summed E-state index contributed by atoms with van der Waals surface area (Å²) in [5.41, 5.74) is 1.21. The van der Waals surface area contributed by atoms with Crippen molar-refractivity contribution >= 4 is 12.6 Å². The summed E-state index contributed by atoms with van der Waals surface area (Å²) in [5.74, 6) is 1.38. The second-order valence-electron chi connectivity index (χ2n) is 6.84. The van der Waals surface area contributed by atoms with Gasteiger partial charge in [0.2, 0.25) is 0 Å². The minimum absolute atomic E-state index is 0.604. The fourth-order valence-electron chi connectivity index (χ4n) is 3.43. The van der Waals surface area contributed by atoms with E-state index in [1.54, 1.807) is 24.3 Å². The second kappa shape index (κ2) is 8.71. The van der Waals surface area contributed by atoms with E-state index in [-0.39, 0.29) is 0 Å². The number of carbonyl (C=O) groups excluding carboxylic acids is 2. The first-order valence-corrected chi connectivity index (χ1v) is 13.9. The molecule has 0 bridgehead atoms. The minimum atomic E-state index is -4.03. The Morgan fingerprint density at radius 3 is 1.38 bits per heavy atom. The van der Waals surface area contributed by atoms with Gasteiger partial charge in [0, 0.05) is 0 Å². The predicted molar refractivity (Wildman–Crippen MR) is 109 cm³/mol. The third-order valence-corrected chi connectivity index (χ3v) is 13.5. The summed E-state index contributed by atoms with van der Waals surface area (Å²) >= 11 is -4.03. The Balaban J connectivity index is 1.76. The molecule has 0 amide bonds. The van der Waals surface area contributed by atoms with Crippen LogP contribution in [0.2, 0.25) is 0 Å². The molecule has 0 N–H and O–H groups in total. The van der Waals surface area contributed by atoms with Gasteiger partial charge in [-0.05, 0) is 0 Å². The molecule has 0 aliphatic heterocycles. The molecule has 0 fully saturated rings. The Labute approximate surface area is 175 Å². The first kappa shape index (κ1) is 19.5. The van der Waals surface area contributed by atoms with Crippen LogP contribution < -0.4 is 5.63 Å². The van der Waals surface area contributed by atoms with Crippen molar-refractivity contribution in [1.29, 1.82) is 0 Å². The summed E-state index contributed by atoms with van der Waals surface area (Å²) in [6.07, 6.45) is 15.8. The second-order valence-corrected chi connectivity index (χ2v) is 14.0. The molecule has 0 saturated heterocycles. The maximum atomic E-state index is 11.0. The molecule has 0 radical (unpaired) electrons. The van der Waals surface area contributed by atoms with Gasteiger partial charge < -0.3 is 0 Å². The summed E-state index contributed by atoms with van der Waals surface area (Å²) < 4.78 is 15.8. The maximum absolute atomic E-state index is 11.0. The molecule has 0 spiro atoms. The zero-order valence-electron chi connectivity index (χ0n) is 15.8. The van der Waals surface area contributed by atoms with Crippen molar-refractivity contribution in [2.75, 3.05) is 0 Å². The average molecular weight is 464 g/mol. The van der Waals surface area contributed by atoms with Crippen LogP contribution >= 0.6 is 0 Å². The summed E-state index contributed by atoms with van der Waals surface area (Å²) in [5, 5.41) is 0. The van der Waals surface area contributed by atoms with Crippen molar-refractivity contribution < 1.29 is 36.4 Å². The van der Waals surface area contributed by atoms with Gasteiger partial charge in [0.15, 0.2) is 0 Å². The standard InChI is InChI=1S/2C7H6O2.2C5H5.Zr/c2*8-5-6-1-3-7(9)4-2-6;2*1-2-4-5-3-1;/h2*1-5,9H;2*1-3H,4H2;/q;;;;+2/p-2. The number of hydrogen-bond donors (Lipinski definition) is 0. The zero-order valence-corrected chi connectivity index (χ0v) is 18.2. The number of benzene rings is 2. The molecular formula is C24H20O4Zr. The van der Waals surface area contributed by atoms with Crippen molar-refractivity contribution in [3.05, 3.63) is 103 Å². The Bertz CT molecular complexity index is 942. The van der Waals surface area contributed by atoms with E-state index in [1.807, 2.05) is 36.4 Å². The van der Waals surface area contributed by atoms with Gasteiger partial charge in [-0.2, -0.15) is 0 Å². The van der Waals surface area contributed by atoms with Crippen LogP contribution in [0, 0.1) is 0 Å². The zero-order chi connectivity index (χ0) is 20.1. The molecule has 4 nitrogen and oxygen atoms in total. The van der Waals surface area contributed by atoms with Crippen molar-refractivity contribution in [2.24, 2.45) is 0 Å². The van der Waals surface area contributed by atoms with Crippen LogP contribution in [0.5, 0.6) is 11.5 Å². The van der Waals surface area contributed by atoms with E-state index >= 15 is 0 Å². The van der Waals surface area contributed by atoms with Gasteiger partial charge >= 0.3 is 176 Å². The summed E-state index contributed by atoms with van der Waals surface area (Å²) in [7, 11) is 0. The Kier molecular flexibility index (Phi) is 5.87. The number of rotatable bonds is 8. The first-order chi connectivity index (χ1) is 14.2. The molecule has 2 aliphatic carbocycles. The van der Waals surface area contributed by atoms with Crippen molar-refractivity contribution in [2.45, 2.75) is 12.8 Å². The molecule has 0 saturated carbocycles. The third-order valence-electron chi connectivity index (χ3n) is 4.94. The SMILES string of the molecule is O=Cc1ccc([O][Zr]([O]c2ccc(C=O)cc2)([C]2=CC=CC2)[C]2=CC=CC2)cc1. The van der Waals surface area contributed by atoms with Crippen LogP contribution in [0.25, 0.3) is 0 Å². The monoisotopic (exact) mass is 462 g/mol. The van der Waals surface area contributed by atoms with Crippen LogP contribution in [0.1, 0.15) is 33.6 Å². The van der Waals surface area contributed by atoms with E-state index in [9.17, 15) is 9.59 Å². The Morgan fingerprint density at radius 1 is 0.655 bits per heavy atom. The number of allylic oxidation sites excluding steroid dienone is 8. The summed E-state index contributed by atoms with van der Waals surface area (Å²) in [6, 6.07) is 14.3. The van der Waals surface area contributed by atoms with Gasteiger partial charge in [-0.3, -0.25) is 0 Å². The number of aldehydes is 2. The summed E-state index contributed by atoms with van der Waals surface area (Å²) in [4.78, 5) is 22.0. The van der Waals surface area contributed by atoms with Crippen LogP contribution in [0.4, 0.5) is 0 Å². The molecule has 2 aliphatic rings. The molecule has 2 aromatic rings. The molecule has 5 heteroatoms. The normalized spacial score (nSPS) is 15.0. The van der Waals surface area contributed by atoms with Gasteiger partial charge in [-0.15, -0.1) is 0 Å². The molecular weight excluding hydrogens is 443 g/mol. The molecule has 29 heavy (non-hydrogen) atoms. The summed E-state index contributed by atoms with van der Waals surface area (Å²) in [6.45, 7) is 0. The van der Waals surface area contributed by atoms with E-state index in [4.69, 9.17) is 5.63 Å². The third kappa shape index (κ3) is 4.15. The molecule has 2 aromatic carbocycles. The van der Waals surface area contributed by atoms with Crippen LogP contribution in [-0.2, 0) is 21.1 Å². The number of hydrogen-bond acceptors (Lipinski definition) is 4. The van der Waals surface area contributed by atoms with E-state index in [0.29, 0.717) is 22.6 Å². The molecule has 0 aromatic heterocycles.